The van der Waals surface area contributed by atoms with E-state index in [0.717, 1.165) is 28.2 Å². The van der Waals surface area contributed by atoms with Gasteiger partial charge >= 0.3 is 6.03 Å². The number of nitrogens with one attached hydrogen (secondary N) is 2. The van der Waals surface area contributed by atoms with E-state index in [4.69, 9.17) is 9.47 Å². The topological polar surface area (TPSA) is 59.6 Å². The van der Waals surface area contributed by atoms with Crippen LogP contribution in [-0.2, 0) is 6.54 Å². The van der Waals surface area contributed by atoms with Crippen molar-refractivity contribution in [2.45, 2.75) is 20.4 Å². The van der Waals surface area contributed by atoms with Gasteiger partial charge < -0.3 is 20.1 Å². The van der Waals surface area contributed by atoms with Gasteiger partial charge in [-0.05, 0) is 42.7 Å². The lowest BCUT2D eigenvalue weighted by molar-refractivity contribution is 0.236. The molecule has 0 heterocycles. The van der Waals surface area contributed by atoms with Gasteiger partial charge in [0.15, 0.2) is 0 Å². The summed E-state index contributed by atoms with van der Waals surface area (Å²) in [5, 5.41) is 5.60. The maximum absolute atomic E-state index is 11.8. The molecular formula is C19H24N2O3. The number of hydrogen-bond acceptors (Lipinski definition) is 3. The van der Waals surface area contributed by atoms with Crippen molar-refractivity contribution in [2.75, 3.05) is 20.3 Å². The number of aryl methyl sites for hydroxylation is 2. The van der Waals surface area contributed by atoms with E-state index in [2.05, 4.69) is 10.6 Å². The molecule has 0 unspecified atom stereocenters. The van der Waals surface area contributed by atoms with Crippen LogP contribution < -0.4 is 20.1 Å². The number of rotatable bonds is 7. The molecule has 2 aromatic rings. The van der Waals surface area contributed by atoms with Gasteiger partial charge in [-0.1, -0.05) is 30.3 Å². The Bertz CT molecular complexity index is 649. The van der Waals surface area contributed by atoms with E-state index in [1.165, 1.54) is 0 Å². The van der Waals surface area contributed by atoms with Gasteiger partial charge in [-0.2, -0.15) is 0 Å². The maximum Gasteiger partial charge on any atom is 0.315 e. The third-order valence-corrected chi connectivity index (χ3v) is 3.65. The fraction of sp³-hybridized carbons (Fsp3) is 0.316. The van der Waals surface area contributed by atoms with E-state index in [1.807, 2.05) is 56.3 Å². The average Bonchev–Trinajstić information content (AvgIpc) is 2.59. The summed E-state index contributed by atoms with van der Waals surface area (Å²) in [5.41, 5.74) is 3.20. The molecule has 5 heteroatoms. The van der Waals surface area contributed by atoms with Crippen molar-refractivity contribution < 1.29 is 14.3 Å². The molecular weight excluding hydrogens is 304 g/mol. The first-order valence-corrected chi connectivity index (χ1v) is 7.94. The summed E-state index contributed by atoms with van der Waals surface area (Å²) >= 11 is 0. The number of carbonyl (C=O) groups excluding carboxylic acids is 1. The second-order valence-electron chi connectivity index (χ2n) is 5.53. The van der Waals surface area contributed by atoms with E-state index in [1.54, 1.807) is 7.11 Å². The van der Waals surface area contributed by atoms with Gasteiger partial charge in [-0.25, -0.2) is 4.79 Å². The van der Waals surface area contributed by atoms with Crippen molar-refractivity contribution in [3.63, 3.8) is 0 Å². The number of ether oxygens (including phenoxy) is 2. The SMILES string of the molecule is COc1ccc(CNC(=O)NCCOc2c(C)cccc2C)cc1. The molecule has 2 N–H and O–H groups in total. The number of amides is 2. The normalized spacial score (nSPS) is 10.1. The van der Waals surface area contributed by atoms with E-state index in [-0.39, 0.29) is 6.03 Å². The quantitative estimate of drug-likeness (QED) is 0.768. The minimum Gasteiger partial charge on any atom is -0.497 e. The Morgan fingerprint density at radius 2 is 1.67 bits per heavy atom. The molecule has 2 rings (SSSR count). The smallest absolute Gasteiger partial charge is 0.315 e. The van der Waals surface area contributed by atoms with Crippen LogP contribution in [0.4, 0.5) is 4.79 Å². The molecule has 2 amide bonds. The Morgan fingerprint density at radius 1 is 1.00 bits per heavy atom. The first-order chi connectivity index (χ1) is 11.6. The van der Waals surface area contributed by atoms with Gasteiger partial charge in [-0.15, -0.1) is 0 Å². The predicted molar refractivity (Wildman–Crippen MR) is 94.6 cm³/mol. The summed E-state index contributed by atoms with van der Waals surface area (Å²) < 4.78 is 10.8. The van der Waals surface area contributed by atoms with Crippen LogP contribution in [0.25, 0.3) is 0 Å². The van der Waals surface area contributed by atoms with Crippen molar-refractivity contribution in [3.8, 4) is 11.5 Å². The van der Waals surface area contributed by atoms with Crippen LogP contribution in [0.2, 0.25) is 0 Å². The zero-order chi connectivity index (χ0) is 17.4. The second kappa shape index (κ2) is 8.82. The van der Waals surface area contributed by atoms with Crippen LogP contribution in [0, 0.1) is 13.8 Å². The summed E-state index contributed by atoms with van der Waals surface area (Å²) in [6, 6.07) is 13.4. The lowest BCUT2D eigenvalue weighted by Gasteiger charge is -2.12. The molecule has 0 radical (unpaired) electrons. The summed E-state index contributed by atoms with van der Waals surface area (Å²) in [4.78, 5) is 11.8. The van der Waals surface area contributed by atoms with Gasteiger partial charge in [0.25, 0.3) is 0 Å². The van der Waals surface area contributed by atoms with E-state index >= 15 is 0 Å². The lowest BCUT2D eigenvalue weighted by atomic mass is 10.1. The third-order valence-electron chi connectivity index (χ3n) is 3.65. The number of benzene rings is 2. The molecule has 0 spiro atoms. The van der Waals surface area contributed by atoms with Gasteiger partial charge in [0.05, 0.1) is 13.7 Å². The fourth-order valence-corrected chi connectivity index (χ4v) is 2.33. The van der Waals surface area contributed by atoms with Gasteiger partial charge in [0, 0.05) is 6.54 Å². The molecule has 0 aliphatic heterocycles. The Kier molecular flexibility index (Phi) is 6.49. The molecule has 5 nitrogen and oxygen atoms in total. The molecule has 0 aliphatic carbocycles. The van der Waals surface area contributed by atoms with Crippen molar-refractivity contribution >= 4 is 6.03 Å². The summed E-state index contributed by atoms with van der Waals surface area (Å²) in [6.07, 6.45) is 0. The first-order valence-electron chi connectivity index (χ1n) is 7.94. The van der Waals surface area contributed by atoms with Crippen molar-refractivity contribution in [1.82, 2.24) is 10.6 Å². The van der Waals surface area contributed by atoms with Gasteiger partial charge in [-0.3, -0.25) is 0 Å². The molecule has 0 fully saturated rings. The molecule has 0 aliphatic rings. The van der Waals surface area contributed by atoms with Crippen LogP contribution in [-0.4, -0.2) is 26.3 Å². The largest absolute Gasteiger partial charge is 0.497 e. The van der Waals surface area contributed by atoms with Crippen LogP contribution >= 0.6 is 0 Å². The third kappa shape index (κ3) is 5.19. The minimum absolute atomic E-state index is 0.212. The van der Waals surface area contributed by atoms with Crippen molar-refractivity contribution in [3.05, 3.63) is 59.2 Å². The summed E-state index contributed by atoms with van der Waals surface area (Å²) in [6.45, 7) is 5.37. The Morgan fingerprint density at radius 3 is 2.29 bits per heavy atom. The second-order valence-corrected chi connectivity index (χ2v) is 5.53. The number of carbonyl (C=O) groups is 1. The average molecular weight is 328 g/mol. The number of urea groups is 1. The zero-order valence-corrected chi connectivity index (χ0v) is 14.4. The molecule has 2 aromatic carbocycles. The molecule has 24 heavy (non-hydrogen) atoms. The lowest BCUT2D eigenvalue weighted by Crippen LogP contribution is -2.37. The van der Waals surface area contributed by atoms with Crippen LogP contribution in [0.1, 0.15) is 16.7 Å². The van der Waals surface area contributed by atoms with Crippen LogP contribution in [0.5, 0.6) is 11.5 Å². The number of hydrogen-bond donors (Lipinski definition) is 2. The van der Waals surface area contributed by atoms with Crippen molar-refractivity contribution in [1.29, 1.82) is 0 Å². The predicted octanol–water partition coefficient (Wildman–Crippen LogP) is 3.19. The zero-order valence-electron chi connectivity index (χ0n) is 14.4. The van der Waals surface area contributed by atoms with E-state index in [9.17, 15) is 4.79 Å². The molecule has 128 valence electrons. The molecule has 0 bridgehead atoms. The van der Waals surface area contributed by atoms with Gasteiger partial charge in [0.2, 0.25) is 0 Å². The van der Waals surface area contributed by atoms with Crippen LogP contribution in [0.15, 0.2) is 42.5 Å². The highest BCUT2D eigenvalue weighted by molar-refractivity contribution is 5.73. The number of para-hydroxylation sites is 1. The number of methoxy groups -OCH3 is 1. The molecule has 0 atom stereocenters. The Balaban J connectivity index is 1.68. The molecule has 0 saturated carbocycles. The van der Waals surface area contributed by atoms with E-state index in [0.29, 0.717) is 19.7 Å². The minimum atomic E-state index is -0.212. The molecule has 0 saturated heterocycles. The Labute approximate surface area is 143 Å². The van der Waals surface area contributed by atoms with Gasteiger partial charge in [0.1, 0.15) is 18.1 Å². The summed E-state index contributed by atoms with van der Waals surface area (Å²) in [5.74, 6) is 1.68. The maximum atomic E-state index is 11.8. The Hall–Kier alpha value is -2.69. The van der Waals surface area contributed by atoms with E-state index < -0.39 is 0 Å². The highest BCUT2D eigenvalue weighted by atomic mass is 16.5. The summed E-state index contributed by atoms with van der Waals surface area (Å²) in [7, 11) is 1.63. The van der Waals surface area contributed by atoms with Crippen molar-refractivity contribution in [2.24, 2.45) is 0 Å². The standard InChI is InChI=1S/C19H24N2O3/c1-14-5-4-6-15(2)18(14)24-12-11-20-19(22)21-13-16-7-9-17(23-3)10-8-16/h4-10H,11-13H2,1-3H3,(H2,20,21,22). The van der Waals surface area contributed by atoms with Crippen LogP contribution in [0.3, 0.4) is 0 Å². The monoisotopic (exact) mass is 328 g/mol. The fourth-order valence-electron chi connectivity index (χ4n) is 2.33. The highest BCUT2D eigenvalue weighted by Gasteiger charge is 2.04. The first kappa shape index (κ1) is 17.7. The highest BCUT2D eigenvalue weighted by Crippen LogP contribution is 2.21. The molecule has 0 aromatic heterocycles.